The summed E-state index contributed by atoms with van der Waals surface area (Å²) in [4.78, 5) is 23.8. The second-order valence-electron chi connectivity index (χ2n) is 4.04. The number of urea groups is 1. The first-order valence-corrected chi connectivity index (χ1v) is 5.71. The van der Waals surface area contributed by atoms with E-state index < -0.39 is 5.97 Å². The summed E-state index contributed by atoms with van der Waals surface area (Å²) >= 11 is 0. The zero-order valence-electron chi connectivity index (χ0n) is 10.5. The number of nitrogens with zero attached hydrogens (tertiary/aromatic N) is 1. The number of carboxylic acid groups (broad SMARTS) is 1. The summed E-state index contributed by atoms with van der Waals surface area (Å²) in [6.45, 7) is 7.38. The van der Waals surface area contributed by atoms with E-state index in [1.807, 2.05) is 27.7 Å². The van der Waals surface area contributed by atoms with E-state index in [0.717, 1.165) is 12.8 Å². The molecule has 2 N–H and O–H groups in total. The van der Waals surface area contributed by atoms with Crippen LogP contribution in [-0.4, -0.2) is 40.6 Å². The van der Waals surface area contributed by atoms with E-state index in [1.54, 1.807) is 0 Å². The van der Waals surface area contributed by atoms with Gasteiger partial charge in [0.1, 0.15) is 6.54 Å². The third kappa shape index (κ3) is 5.00. The zero-order valence-corrected chi connectivity index (χ0v) is 10.5. The van der Waals surface area contributed by atoms with Crippen LogP contribution < -0.4 is 5.32 Å². The Hall–Kier alpha value is -1.26. The fourth-order valence-electron chi connectivity index (χ4n) is 1.19. The van der Waals surface area contributed by atoms with Crippen molar-refractivity contribution in [3.63, 3.8) is 0 Å². The lowest BCUT2D eigenvalue weighted by Crippen LogP contribution is -2.49. The third-order valence-electron chi connectivity index (χ3n) is 2.67. The van der Waals surface area contributed by atoms with Crippen LogP contribution in [0.25, 0.3) is 0 Å². The first kappa shape index (κ1) is 14.7. The van der Waals surface area contributed by atoms with Crippen LogP contribution in [0.2, 0.25) is 0 Å². The Balaban J connectivity index is 4.49. The number of hydrogen-bond donors (Lipinski definition) is 2. The first-order valence-electron chi connectivity index (χ1n) is 5.71. The lowest BCUT2D eigenvalue weighted by molar-refractivity contribution is -0.138. The largest absolute Gasteiger partial charge is 0.480 e. The van der Waals surface area contributed by atoms with Crippen molar-refractivity contribution in [1.29, 1.82) is 0 Å². The van der Waals surface area contributed by atoms with E-state index in [-0.39, 0.29) is 24.7 Å². The number of carboxylic acids is 1. The van der Waals surface area contributed by atoms with Gasteiger partial charge in [0.15, 0.2) is 0 Å². The molecule has 16 heavy (non-hydrogen) atoms. The van der Waals surface area contributed by atoms with Crippen molar-refractivity contribution in [2.24, 2.45) is 0 Å². The molecule has 0 saturated carbocycles. The maximum Gasteiger partial charge on any atom is 0.323 e. The van der Waals surface area contributed by atoms with Crippen LogP contribution >= 0.6 is 0 Å². The molecule has 0 aromatic carbocycles. The van der Waals surface area contributed by atoms with Gasteiger partial charge in [-0.15, -0.1) is 0 Å². The van der Waals surface area contributed by atoms with Crippen molar-refractivity contribution in [3.8, 4) is 0 Å². The monoisotopic (exact) mass is 230 g/mol. The summed E-state index contributed by atoms with van der Waals surface area (Å²) in [5, 5.41) is 11.5. The fourth-order valence-corrected chi connectivity index (χ4v) is 1.19. The van der Waals surface area contributed by atoms with Crippen LogP contribution in [0.15, 0.2) is 0 Å². The van der Waals surface area contributed by atoms with Gasteiger partial charge in [-0.05, 0) is 26.7 Å². The maximum atomic E-state index is 11.8. The van der Waals surface area contributed by atoms with Crippen molar-refractivity contribution in [2.75, 3.05) is 6.54 Å². The van der Waals surface area contributed by atoms with E-state index in [1.165, 1.54) is 4.90 Å². The zero-order chi connectivity index (χ0) is 12.7. The number of nitrogens with one attached hydrogen (secondary N) is 1. The van der Waals surface area contributed by atoms with Gasteiger partial charge in [0.05, 0.1) is 0 Å². The minimum Gasteiger partial charge on any atom is -0.480 e. The highest BCUT2D eigenvalue weighted by molar-refractivity contribution is 5.80. The second-order valence-corrected chi connectivity index (χ2v) is 4.04. The Bertz CT molecular complexity index is 243. The Morgan fingerprint density at radius 2 is 1.81 bits per heavy atom. The lowest BCUT2D eigenvalue weighted by Gasteiger charge is -2.28. The van der Waals surface area contributed by atoms with Crippen molar-refractivity contribution < 1.29 is 14.7 Å². The molecule has 2 atom stereocenters. The normalized spacial score (nSPS) is 14.0. The highest BCUT2D eigenvalue weighted by atomic mass is 16.4. The topological polar surface area (TPSA) is 69.6 Å². The number of carbonyl (C=O) groups excluding carboxylic acids is 1. The van der Waals surface area contributed by atoms with E-state index in [4.69, 9.17) is 5.11 Å². The number of amides is 2. The number of rotatable bonds is 6. The molecule has 0 aromatic heterocycles. The molecule has 0 aliphatic carbocycles. The molecule has 5 nitrogen and oxygen atoms in total. The Morgan fingerprint density at radius 3 is 2.19 bits per heavy atom. The van der Waals surface area contributed by atoms with E-state index in [2.05, 4.69) is 5.32 Å². The van der Waals surface area contributed by atoms with Gasteiger partial charge < -0.3 is 15.3 Å². The molecule has 0 aliphatic heterocycles. The number of aliphatic carboxylic acids is 1. The minimum absolute atomic E-state index is 0.0628. The standard InChI is InChI=1S/C11H22N2O3/c1-5-8(3)12-11(16)13(7-10(14)15)9(4)6-2/h8-9H,5-7H2,1-4H3,(H,12,16)(H,14,15). The summed E-state index contributed by atoms with van der Waals surface area (Å²) in [5.74, 6) is -0.986. The predicted molar refractivity (Wildman–Crippen MR) is 62.4 cm³/mol. The van der Waals surface area contributed by atoms with Gasteiger partial charge in [-0.2, -0.15) is 0 Å². The lowest BCUT2D eigenvalue weighted by atomic mass is 10.2. The first-order chi connectivity index (χ1) is 7.42. The van der Waals surface area contributed by atoms with Gasteiger partial charge in [0.2, 0.25) is 0 Å². The van der Waals surface area contributed by atoms with E-state index >= 15 is 0 Å². The third-order valence-corrected chi connectivity index (χ3v) is 2.67. The predicted octanol–water partition coefficient (Wildman–Crippen LogP) is 1.68. The summed E-state index contributed by atoms with van der Waals surface area (Å²) in [5.41, 5.74) is 0. The Kier molecular flexibility index (Phi) is 6.53. The molecule has 2 unspecified atom stereocenters. The molecule has 94 valence electrons. The Labute approximate surface area is 96.8 Å². The molecule has 0 spiro atoms. The number of carbonyl (C=O) groups is 2. The smallest absolute Gasteiger partial charge is 0.323 e. The summed E-state index contributed by atoms with van der Waals surface area (Å²) in [7, 11) is 0. The fraction of sp³-hybridized carbons (Fsp3) is 0.818. The van der Waals surface area contributed by atoms with Crippen LogP contribution in [0.5, 0.6) is 0 Å². The van der Waals surface area contributed by atoms with Gasteiger partial charge in [0.25, 0.3) is 0 Å². The highest BCUT2D eigenvalue weighted by Crippen LogP contribution is 2.04. The minimum atomic E-state index is -0.986. The molecular weight excluding hydrogens is 208 g/mol. The summed E-state index contributed by atoms with van der Waals surface area (Å²) < 4.78 is 0. The summed E-state index contributed by atoms with van der Waals surface area (Å²) in [6, 6.07) is -0.306. The van der Waals surface area contributed by atoms with Crippen LogP contribution in [0.1, 0.15) is 40.5 Å². The number of hydrogen-bond acceptors (Lipinski definition) is 2. The summed E-state index contributed by atoms with van der Waals surface area (Å²) in [6.07, 6.45) is 1.56. The van der Waals surface area contributed by atoms with Gasteiger partial charge in [-0.1, -0.05) is 13.8 Å². The molecular formula is C11H22N2O3. The van der Waals surface area contributed by atoms with Crippen LogP contribution in [-0.2, 0) is 4.79 Å². The molecule has 0 rings (SSSR count). The van der Waals surface area contributed by atoms with Gasteiger partial charge in [0, 0.05) is 12.1 Å². The van der Waals surface area contributed by atoms with Crippen LogP contribution in [0, 0.1) is 0 Å². The molecule has 0 aromatic rings. The molecule has 0 aliphatic rings. The SMILES string of the molecule is CCC(C)NC(=O)N(CC(=O)O)C(C)CC. The van der Waals surface area contributed by atoms with Crippen molar-refractivity contribution in [3.05, 3.63) is 0 Å². The molecule has 2 amide bonds. The highest BCUT2D eigenvalue weighted by Gasteiger charge is 2.22. The van der Waals surface area contributed by atoms with E-state index in [9.17, 15) is 9.59 Å². The Morgan fingerprint density at radius 1 is 1.25 bits per heavy atom. The average molecular weight is 230 g/mol. The average Bonchev–Trinajstić information content (AvgIpc) is 2.24. The quantitative estimate of drug-likeness (QED) is 0.729. The van der Waals surface area contributed by atoms with E-state index in [0.29, 0.717) is 0 Å². The van der Waals surface area contributed by atoms with Crippen molar-refractivity contribution in [2.45, 2.75) is 52.6 Å². The molecule has 0 fully saturated rings. The van der Waals surface area contributed by atoms with Crippen molar-refractivity contribution >= 4 is 12.0 Å². The van der Waals surface area contributed by atoms with Crippen LogP contribution in [0.4, 0.5) is 4.79 Å². The van der Waals surface area contributed by atoms with Gasteiger partial charge in [-0.3, -0.25) is 4.79 Å². The van der Waals surface area contributed by atoms with Crippen LogP contribution in [0.3, 0.4) is 0 Å². The van der Waals surface area contributed by atoms with Crippen molar-refractivity contribution in [1.82, 2.24) is 10.2 Å². The molecule has 0 radical (unpaired) electrons. The molecule has 0 heterocycles. The maximum absolute atomic E-state index is 11.8. The van der Waals surface area contributed by atoms with Gasteiger partial charge >= 0.3 is 12.0 Å². The second kappa shape index (κ2) is 7.09. The molecule has 5 heteroatoms. The molecule has 0 saturated heterocycles. The molecule has 0 bridgehead atoms. The van der Waals surface area contributed by atoms with Gasteiger partial charge in [-0.25, -0.2) is 4.79 Å².